The summed E-state index contributed by atoms with van der Waals surface area (Å²) in [4.78, 5) is 16.0. The van der Waals surface area contributed by atoms with Gasteiger partial charge >= 0.3 is 0 Å². The predicted octanol–water partition coefficient (Wildman–Crippen LogP) is 4.46. The number of hydrogen-bond acceptors (Lipinski definition) is 3. The zero-order chi connectivity index (χ0) is 16.9. The number of thiophene rings is 1. The summed E-state index contributed by atoms with van der Waals surface area (Å²) >= 11 is 1.63. The van der Waals surface area contributed by atoms with Crippen LogP contribution in [0.3, 0.4) is 0 Å². The number of fused-ring (bicyclic) bond motifs is 1. The molecule has 4 heteroatoms. The molecule has 1 aliphatic rings. The molecule has 0 unspecified atom stereocenters. The summed E-state index contributed by atoms with van der Waals surface area (Å²) in [5, 5.41) is 4.09. The minimum atomic E-state index is 0.0573. The van der Waals surface area contributed by atoms with Crippen LogP contribution in [0.5, 0.6) is 0 Å². The highest BCUT2D eigenvalue weighted by atomic mass is 32.1. The Hall–Kier alpha value is -1.39. The highest BCUT2D eigenvalue weighted by Gasteiger charge is 2.25. The summed E-state index contributed by atoms with van der Waals surface area (Å²) in [5.41, 5.74) is 1.25. The van der Waals surface area contributed by atoms with E-state index in [9.17, 15) is 4.79 Å². The van der Waals surface area contributed by atoms with Crippen LogP contribution in [0.1, 0.15) is 54.3 Å². The number of nitrogens with one attached hydrogen (secondary N) is 1. The lowest BCUT2D eigenvalue weighted by Gasteiger charge is -2.30. The van der Waals surface area contributed by atoms with Crippen LogP contribution in [-0.4, -0.2) is 37.0 Å². The van der Waals surface area contributed by atoms with Gasteiger partial charge in [-0.2, -0.15) is 0 Å². The summed E-state index contributed by atoms with van der Waals surface area (Å²) in [6.45, 7) is 4.63. The second-order valence-electron chi connectivity index (χ2n) is 6.73. The Morgan fingerprint density at radius 1 is 1.29 bits per heavy atom. The first-order valence-electron chi connectivity index (χ1n) is 9.21. The standard InChI is InChI=1S/C20H28N2OS/c1-3-12-22-13-8-4-5-9-15(22)14-17-16-10-6-7-11-18(16)24-19(17)20(23)21-2/h6-7,10-11,15H,3-5,8-9,12-14H2,1-2H3,(H,21,23)/t15-/m1/s1. The van der Waals surface area contributed by atoms with E-state index < -0.39 is 0 Å². The highest BCUT2D eigenvalue weighted by Crippen LogP contribution is 2.34. The highest BCUT2D eigenvalue weighted by molar-refractivity contribution is 7.21. The van der Waals surface area contributed by atoms with Gasteiger partial charge in [0.05, 0.1) is 4.88 Å². The van der Waals surface area contributed by atoms with E-state index in [4.69, 9.17) is 0 Å². The zero-order valence-corrected chi connectivity index (χ0v) is 15.6. The topological polar surface area (TPSA) is 32.3 Å². The molecule has 3 rings (SSSR count). The molecule has 0 spiro atoms. The first-order chi connectivity index (χ1) is 11.7. The first kappa shape index (κ1) is 17.4. The zero-order valence-electron chi connectivity index (χ0n) is 14.8. The first-order valence-corrected chi connectivity index (χ1v) is 10.0. The van der Waals surface area contributed by atoms with Gasteiger partial charge in [0, 0.05) is 17.8 Å². The molecule has 24 heavy (non-hydrogen) atoms. The minimum Gasteiger partial charge on any atom is -0.354 e. The normalized spacial score (nSPS) is 19.3. The molecule has 1 aromatic carbocycles. The van der Waals surface area contributed by atoms with Crippen molar-refractivity contribution in [2.45, 2.75) is 51.5 Å². The lowest BCUT2D eigenvalue weighted by atomic mass is 9.98. The van der Waals surface area contributed by atoms with Gasteiger partial charge in [-0.3, -0.25) is 4.79 Å². The maximum Gasteiger partial charge on any atom is 0.261 e. The van der Waals surface area contributed by atoms with E-state index in [1.54, 1.807) is 18.4 Å². The summed E-state index contributed by atoms with van der Waals surface area (Å²) in [6.07, 6.45) is 7.39. The molecule has 0 bridgehead atoms. The van der Waals surface area contributed by atoms with Crippen molar-refractivity contribution in [1.29, 1.82) is 0 Å². The van der Waals surface area contributed by atoms with Gasteiger partial charge in [-0.15, -0.1) is 11.3 Å². The molecule has 0 aliphatic carbocycles. The van der Waals surface area contributed by atoms with E-state index >= 15 is 0 Å². The van der Waals surface area contributed by atoms with Crippen molar-refractivity contribution in [3.05, 3.63) is 34.7 Å². The lowest BCUT2D eigenvalue weighted by Crippen LogP contribution is -2.37. The van der Waals surface area contributed by atoms with Gasteiger partial charge in [-0.25, -0.2) is 0 Å². The monoisotopic (exact) mass is 344 g/mol. The van der Waals surface area contributed by atoms with Gasteiger partial charge in [0.1, 0.15) is 0 Å². The van der Waals surface area contributed by atoms with Crippen LogP contribution in [0.4, 0.5) is 0 Å². The second-order valence-corrected chi connectivity index (χ2v) is 7.78. The second kappa shape index (κ2) is 8.13. The Balaban J connectivity index is 1.96. The Morgan fingerprint density at radius 2 is 2.12 bits per heavy atom. The molecule has 1 amide bonds. The summed E-state index contributed by atoms with van der Waals surface area (Å²) in [6, 6.07) is 9.02. The average molecular weight is 345 g/mol. The van der Waals surface area contributed by atoms with Crippen molar-refractivity contribution in [2.75, 3.05) is 20.1 Å². The Bertz CT molecular complexity index is 694. The molecule has 2 aromatic rings. The fourth-order valence-corrected chi connectivity index (χ4v) is 5.06. The van der Waals surface area contributed by atoms with E-state index in [2.05, 4.69) is 41.4 Å². The van der Waals surface area contributed by atoms with Gasteiger partial charge in [0.25, 0.3) is 5.91 Å². The third-order valence-corrected chi connectivity index (χ3v) is 6.29. The van der Waals surface area contributed by atoms with Crippen LogP contribution >= 0.6 is 11.3 Å². The Labute approximate surface area is 149 Å². The summed E-state index contributed by atoms with van der Waals surface area (Å²) in [7, 11) is 1.73. The number of carbonyl (C=O) groups is 1. The van der Waals surface area contributed by atoms with Crippen LogP contribution in [-0.2, 0) is 6.42 Å². The largest absolute Gasteiger partial charge is 0.354 e. The third kappa shape index (κ3) is 3.65. The average Bonchev–Trinajstić information content (AvgIpc) is 2.82. The van der Waals surface area contributed by atoms with E-state index in [1.165, 1.54) is 60.8 Å². The van der Waals surface area contributed by atoms with Crippen LogP contribution in [0.25, 0.3) is 10.1 Å². The fourth-order valence-electron chi connectivity index (χ4n) is 3.88. The van der Waals surface area contributed by atoms with Crippen LogP contribution in [0.2, 0.25) is 0 Å². The van der Waals surface area contributed by atoms with Crippen molar-refractivity contribution >= 4 is 27.3 Å². The van der Waals surface area contributed by atoms with Crippen LogP contribution in [0, 0.1) is 0 Å². The van der Waals surface area contributed by atoms with Crippen molar-refractivity contribution in [3.8, 4) is 0 Å². The number of rotatable bonds is 5. The molecular formula is C20H28N2OS. The van der Waals surface area contributed by atoms with Gasteiger partial charge in [-0.05, 0) is 55.8 Å². The maximum absolute atomic E-state index is 12.4. The smallest absolute Gasteiger partial charge is 0.261 e. The van der Waals surface area contributed by atoms with E-state index in [0.29, 0.717) is 6.04 Å². The molecule has 0 saturated carbocycles. The molecule has 1 N–H and O–H groups in total. The minimum absolute atomic E-state index is 0.0573. The van der Waals surface area contributed by atoms with Gasteiger partial charge in [0.15, 0.2) is 0 Å². The fraction of sp³-hybridized carbons (Fsp3) is 0.550. The van der Waals surface area contributed by atoms with Crippen LogP contribution < -0.4 is 5.32 Å². The van der Waals surface area contributed by atoms with Gasteiger partial charge in [0.2, 0.25) is 0 Å². The lowest BCUT2D eigenvalue weighted by molar-refractivity contribution is 0.0965. The Kier molecular flexibility index (Phi) is 5.90. The van der Waals surface area contributed by atoms with Gasteiger partial charge in [-0.1, -0.05) is 38.0 Å². The SMILES string of the molecule is CCCN1CCCCC[C@@H]1Cc1c(C(=O)NC)sc2ccccc12. The number of hydrogen-bond donors (Lipinski definition) is 1. The van der Waals surface area contributed by atoms with Crippen LogP contribution in [0.15, 0.2) is 24.3 Å². The van der Waals surface area contributed by atoms with Crippen molar-refractivity contribution < 1.29 is 4.79 Å². The molecule has 1 atom stereocenters. The van der Waals surface area contributed by atoms with Crippen molar-refractivity contribution in [3.63, 3.8) is 0 Å². The molecule has 130 valence electrons. The number of carbonyl (C=O) groups excluding carboxylic acids is 1. The number of likely N-dealkylation sites (tertiary alicyclic amines) is 1. The molecule has 2 heterocycles. The maximum atomic E-state index is 12.4. The molecular weight excluding hydrogens is 316 g/mol. The van der Waals surface area contributed by atoms with E-state index in [1.807, 2.05) is 0 Å². The molecule has 0 radical (unpaired) electrons. The number of benzene rings is 1. The van der Waals surface area contributed by atoms with Crippen molar-refractivity contribution in [1.82, 2.24) is 10.2 Å². The summed E-state index contributed by atoms with van der Waals surface area (Å²) < 4.78 is 1.22. The quantitative estimate of drug-likeness (QED) is 0.868. The van der Waals surface area contributed by atoms with E-state index in [-0.39, 0.29) is 5.91 Å². The third-order valence-electron chi connectivity index (χ3n) is 5.08. The van der Waals surface area contributed by atoms with Crippen molar-refractivity contribution in [2.24, 2.45) is 0 Å². The molecule has 1 aromatic heterocycles. The summed E-state index contributed by atoms with van der Waals surface area (Å²) in [5.74, 6) is 0.0573. The predicted molar refractivity (Wildman–Crippen MR) is 103 cm³/mol. The van der Waals surface area contributed by atoms with Gasteiger partial charge < -0.3 is 10.2 Å². The number of nitrogens with zero attached hydrogens (tertiary/aromatic N) is 1. The molecule has 3 nitrogen and oxygen atoms in total. The molecule has 1 aliphatic heterocycles. The number of amides is 1. The molecule has 1 saturated heterocycles. The Morgan fingerprint density at radius 3 is 2.92 bits per heavy atom. The molecule has 1 fully saturated rings. The van der Waals surface area contributed by atoms with E-state index in [0.717, 1.165) is 11.3 Å².